The molecule has 0 aliphatic carbocycles. The van der Waals surface area contributed by atoms with Crippen molar-refractivity contribution in [2.24, 2.45) is 0 Å². The number of rotatable bonds is 5. The van der Waals surface area contributed by atoms with Crippen LogP contribution in [0.4, 0.5) is 0 Å². The maximum Gasteiger partial charge on any atom is 0.349 e. The highest BCUT2D eigenvalue weighted by molar-refractivity contribution is 5.96. The van der Waals surface area contributed by atoms with Crippen LogP contribution in [0.3, 0.4) is 0 Å². The van der Waals surface area contributed by atoms with E-state index in [9.17, 15) is 9.59 Å². The van der Waals surface area contributed by atoms with Gasteiger partial charge in [-0.25, -0.2) is 4.79 Å². The molecule has 1 aliphatic rings. The molecule has 3 aromatic rings. The summed E-state index contributed by atoms with van der Waals surface area (Å²) in [7, 11) is 0. The largest absolute Gasteiger partial charge is 0.422 e. The third kappa shape index (κ3) is 4.13. The molecular formula is C22H22N2O4. The molecule has 1 atom stereocenters. The molecule has 1 fully saturated rings. The molecule has 1 aliphatic heterocycles. The SMILES string of the molecule is O=C(NCCN1CCOC(c2ccccc2)C1)c1cc2ccccc2oc1=O. The molecule has 6 heteroatoms. The fourth-order valence-corrected chi connectivity index (χ4v) is 3.42. The zero-order valence-corrected chi connectivity index (χ0v) is 15.5. The highest BCUT2D eigenvalue weighted by atomic mass is 16.5. The van der Waals surface area contributed by atoms with E-state index in [4.69, 9.17) is 9.15 Å². The number of morpholine rings is 1. The lowest BCUT2D eigenvalue weighted by Crippen LogP contribution is -2.43. The number of hydrogen-bond acceptors (Lipinski definition) is 5. The predicted octanol–water partition coefficient (Wildman–Crippen LogP) is 2.60. The lowest BCUT2D eigenvalue weighted by Gasteiger charge is -2.33. The molecule has 1 aromatic heterocycles. The molecule has 1 N–H and O–H groups in total. The van der Waals surface area contributed by atoms with Crippen molar-refractivity contribution in [3.05, 3.63) is 82.2 Å². The number of benzene rings is 2. The minimum atomic E-state index is -0.619. The van der Waals surface area contributed by atoms with Crippen LogP contribution in [-0.4, -0.2) is 43.6 Å². The van der Waals surface area contributed by atoms with Gasteiger partial charge < -0.3 is 14.5 Å². The van der Waals surface area contributed by atoms with E-state index in [0.717, 1.165) is 24.0 Å². The lowest BCUT2D eigenvalue weighted by molar-refractivity contribution is -0.0293. The van der Waals surface area contributed by atoms with E-state index in [-0.39, 0.29) is 11.7 Å². The Hall–Kier alpha value is -2.96. The summed E-state index contributed by atoms with van der Waals surface area (Å²) in [5.41, 5.74) is 1.05. The van der Waals surface area contributed by atoms with E-state index in [0.29, 0.717) is 25.3 Å². The zero-order chi connectivity index (χ0) is 19.3. The molecule has 0 radical (unpaired) electrons. The summed E-state index contributed by atoms with van der Waals surface area (Å²) in [6.07, 6.45) is 0.0400. The Labute approximate surface area is 162 Å². The van der Waals surface area contributed by atoms with Crippen LogP contribution in [0.2, 0.25) is 0 Å². The molecule has 28 heavy (non-hydrogen) atoms. The van der Waals surface area contributed by atoms with Gasteiger partial charge in [-0.05, 0) is 17.7 Å². The van der Waals surface area contributed by atoms with Crippen LogP contribution in [0, 0.1) is 0 Å². The topological polar surface area (TPSA) is 71.8 Å². The Morgan fingerprint density at radius 1 is 1.11 bits per heavy atom. The molecule has 0 bridgehead atoms. The maximum atomic E-state index is 12.4. The van der Waals surface area contributed by atoms with Crippen LogP contribution in [-0.2, 0) is 4.74 Å². The molecular weight excluding hydrogens is 356 g/mol. The van der Waals surface area contributed by atoms with E-state index in [2.05, 4.69) is 22.3 Å². The van der Waals surface area contributed by atoms with E-state index < -0.39 is 11.5 Å². The number of fused-ring (bicyclic) bond motifs is 1. The van der Waals surface area contributed by atoms with Crippen LogP contribution >= 0.6 is 0 Å². The van der Waals surface area contributed by atoms with Gasteiger partial charge in [0.05, 0.1) is 12.7 Å². The average Bonchev–Trinajstić information content (AvgIpc) is 2.74. The van der Waals surface area contributed by atoms with Gasteiger partial charge in [0, 0.05) is 31.6 Å². The van der Waals surface area contributed by atoms with Crippen molar-refractivity contribution in [2.75, 3.05) is 32.8 Å². The van der Waals surface area contributed by atoms with Gasteiger partial charge in [-0.2, -0.15) is 0 Å². The van der Waals surface area contributed by atoms with Gasteiger partial charge in [0.1, 0.15) is 11.1 Å². The van der Waals surface area contributed by atoms with E-state index in [1.807, 2.05) is 30.3 Å². The second-order valence-electron chi connectivity index (χ2n) is 6.81. The molecule has 0 saturated carbocycles. The molecule has 144 valence electrons. The monoisotopic (exact) mass is 378 g/mol. The van der Waals surface area contributed by atoms with E-state index in [1.165, 1.54) is 0 Å². The summed E-state index contributed by atoms with van der Waals surface area (Å²) < 4.78 is 11.1. The minimum Gasteiger partial charge on any atom is -0.422 e. The van der Waals surface area contributed by atoms with Crippen molar-refractivity contribution in [2.45, 2.75) is 6.10 Å². The van der Waals surface area contributed by atoms with Gasteiger partial charge in [0.2, 0.25) is 0 Å². The molecule has 6 nitrogen and oxygen atoms in total. The first-order chi connectivity index (χ1) is 13.7. The Morgan fingerprint density at radius 2 is 1.89 bits per heavy atom. The van der Waals surface area contributed by atoms with Gasteiger partial charge in [-0.3, -0.25) is 9.69 Å². The van der Waals surface area contributed by atoms with Crippen molar-refractivity contribution in [3.63, 3.8) is 0 Å². The number of ether oxygens (including phenoxy) is 1. The van der Waals surface area contributed by atoms with Crippen LogP contribution < -0.4 is 10.9 Å². The highest BCUT2D eigenvalue weighted by Crippen LogP contribution is 2.21. The number of hydrogen-bond donors (Lipinski definition) is 1. The van der Waals surface area contributed by atoms with Crippen LogP contribution in [0.15, 0.2) is 69.9 Å². The maximum absolute atomic E-state index is 12.4. The quantitative estimate of drug-likeness (QED) is 0.691. The third-order valence-corrected chi connectivity index (χ3v) is 4.92. The molecule has 1 amide bonds. The fourth-order valence-electron chi connectivity index (χ4n) is 3.42. The second kappa shape index (κ2) is 8.37. The summed E-state index contributed by atoms with van der Waals surface area (Å²) in [6.45, 7) is 3.39. The van der Waals surface area contributed by atoms with Crippen molar-refractivity contribution in [3.8, 4) is 0 Å². The fraction of sp³-hybridized carbons (Fsp3) is 0.273. The van der Waals surface area contributed by atoms with Gasteiger partial charge in [0.25, 0.3) is 5.91 Å². The third-order valence-electron chi connectivity index (χ3n) is 4.92. The molecule has 0 spiro atoms. The number of para-hydroxylation sites is 1. The van der Waals surface area contributed by atoms with Crippen molar-refractivity contribution in [1.82, 2.24) is 10.2 Å². The predicted molar refractivity (Wildman–Crippen MR) is 106 cm³/mol. The number of carbonyl (C=O) groups is 1. The molecule has 2 aromatic carbocycles. The first-order valence-electron chi connectivity index (χ1n) is 9.41. The molecule has 1 saturated heterocycles. The normalized spacial score (nSPS) is 17.5. The van der Waals surface area contributed by atoms with Gasteiger partial charge in [0.15, 0.2) is 0 Å². The Kier molecular flexibility index (Phi) is 5.50. The standard InChI is InChI=1S/C22H22N2O4/c25-21(18-14-17-8-4-5-9-19(17)28-22(18)26)23-10-11-24-12-13-27-20(15-24)16-6-2-1-3-7-16/h1-9,14,20H,10-13,15H2,(H,23,25). The van der Waals surface area contributed by atoms with E-state index >= 15 is 0 Å². The van der Waals surface area contributed by atoms with Crippen molar-refractivity contribution < 1.29 is 13.9 Å². The highest BCUT2D eigenvalue weighted by Gasteiger charge is 2.22. The number of nitrogens with zero attached hydrogens (tertiary/aromatic N) is 1. The first kappa shape index (κ1) is 18.4. The Morgan fingerprint density at radius 3 is 2.75 bits per heavy atom. The lowest BCUT2D eigenvalue weighted by atomic mass is 10.1. The molecule has 1 unspecified atom stereocenters. The van der Waals surface area contributed by atoms with Crippen molar-refractivity contribution >= 4 is 16.9 Å². The first-order valence-corrected chi connectivity index (χ1v) is 9.41. The van der Waals surface area contributed by atoms with Crippen LogP contribution in [0.5, 0.6) is 0 Å². The van der Waals surface area contributed by atoms with Crippen LogP contribution in [0.25, 0.3) is 11.0 Å². The summed E-state index contributed by atoms with van der Waals surface area (Å²) in [6, 6.07) is 18.9. The Balaban J connectivity index is 1.34. The summed E-state index contributed by atoms with van der Waals surface area (Å²) in [4.78, 5) is 26.8. The second-order valence-corrected chi connectivity index (χ2v) is 6.81. The van der Waals surface area contributed by atoms with Crippen LogP contribution in [0.1, 0.15) is 22.0 Å². The van der Waals surface area contributed by atoms with E-state index in [1.54, 1.807) is 18.2 Å². The summed E-state index contributed by atoms with van der Waals surface area (Å²) in [5, 5.41) is 3.55. The van der Waals surface area contributed by atoms with Gasteiger partial charge in [-0.1, -0.05) is 48.5 Å². The smallest absolute Gasteiger partial charge is 0.349 e. The average molecular weight is 378 g/mol. The number of nitrogens with one attached hydrogen (secondary N) is 1. The summed E-state index contributed by atoms with van der Waals surface area (Å²) >= 11 is 0. The molecule has 4 rings (SSSR count). The zero-order valence-electron chi connectivity index (χ0n) is 15.5. The Bertz CT molecular complexity index is 1020. The van der Waals surface area contributed by atoms with Crippen molar-refractivity contribution in [1.29, 1.82) is 0 Å². The van der Waals surface area contributed by atoms with Gasteiger partial charge in [-0.15, -0.1) is 0 Å². The number of amides is 1. The molecule has 2 heterocycles. The number of carbonyl (C=O) groups excluding carboxylic acids is 1. The minimum absolute atomic E-state index is 0.0304. The summed E-state index contributed by atoms with van der Waals surface area (Å²) in [5.74, 6) is -0.410. The van der Waals surface area contributed by atoms with Gasteiger partial charge >= 0.3 is 5.63 Å².